The number of thiazole rings is 1. The Bertz CT molecular complexity index is 556. The molecule has 3 rings (SSSR count). The van der Waals surface area contributed by atoms with Crippen LogP contribution in [0, 0.1) is 11.6 Å². The third-order valence-corrected chi connectivity index (χ3v) is 4.38. The van der Waals surface area contributed by atoms with Crippen LogP contribution >= 0.6 is 11.3 Å². The number of aromatic nitrogens is 1. The first-order chi connectivity index (χ1) is 9.22. The van der Waals surface area contributed by atoms with Crippen LogP contribution in [0.3, 0.4) is 0 Å². The summed E-state index contributed by atoms with van der Waals surface area (Å²) < 4.78 is 26.4. The van der Waals surface area contributed by atoms with E-state index in [1.807, 2.05) is 5.38 Å². The minimum atomic E-state index is -0.564. The molecule has 0 saturated carbocycles. The molecule has 1 aromatic carbocycles. The molecule has 1 saturated heterocycles. The van der Waals surface area contributed by atoms with Crippen molar-refractivity contribution in [3.05, 3.63) is 40.2 Å². The molecule has 2 nitrogen and oxygen atoms in total. The standard InChI is InChI=1S/C14H14F2N2S/c15-11-5-10(6-12(16)7-11)13-8-19-14(18-13)9-1-3-17-4-2-9/h5-9,17H,1-4H2. The molecule has 2 heterocycles. The molecule has 0 radical (unpaired) electrons. The van der Waals surface area contributed by atoms with Gasteiger partial charge in [0.2, 0.25) is 0 Å². The van der Waals surface area contributed by atoms with Gasteiger partial charge in [0.15, 0.2) is 0 Å². The van der Waals surface area contributed by atoms with Gasteiger partial charge in [-0.3, -0.25) is 0 Å². The molecular weight excluding hydrogens is 266 g/mol. The summed E-state index contributed by atoms with van der Waals surface area (Å²) in [6, 6.07) is 3.53. The van der Waals surface area contributed by atoms with Crippen LogP contribution in [-0.4, -0.2) is 18.1 Å². The molecule has 1 aliphatic rings. The van der Waals surface area contributed by atoms with Crippen LogP contribution in [-0.2, 0) is 0 Å². The molecule has 0 bridgehead atoms. The first-order valence-electron chi connectivity index (χ1n) is 6.35. The quantitative estimate of drug-likeness (QED) is 0.910. The maximum absolute atomic E-state index is 13.2. The fraction of sp³-hybridized carbons (Fsp3) is 0.357. The van der Waals surface area contributed by atoms with E-state index < -0.39 is 11.6 Å². The van der Waals surface area contributed by atoms with Crippen molar-refractivity contribution < 1.29 is 8.78 Å². The highest BCUT2D eigenvalue weighted by Gasteiger charge is 2.19. The number of nitrogens with zero attached hydrogens (tertiary/aromatic N) is 1. The fourth-order valence-electron chi connectivity index (χ4n) is 2.38. The molecule has 2 aromatic rings. The molecule has 1 fully saturated rings. The van der Waals surface area contributed by atoms with Crippen LogP contribution in [0.15, 0.2) is 23.6 Å². The lowest BCUT2D eigenvalue weighted by Crippen LogP contribution is -2.26. The molecule has 1 N–H and O–H groups in total. The van der Waals surface area contributed by atoms with Gasteiger partial charge < -0.3 is 5.32 Å². The fourth-order valence-corrected chi connectivity index (χ4v) is 3.38. The van der Waals surface area contributed by atoms with Crippen molar-refractivity contribution in [1.29, 1.82) is 0 Å². The smallest absolute Gasteiger partial charge is 0.126 e. The lowest BCUT2D eigenvalue weighted by Gasteiger charge is -2.20. The summed E-state index contributed by atoms with van der Waals surface area (Å²) in [5.74, 6) is -0.656. The van der Waals surface area contributed by atoms with Gasteiger partial charge in [0.05, 0.1) is 10.7 Å². The second-order valence-electron chi connectivity index (χ2n) is 4.75. The molecular formula is C14H14F2N2S. The van der Waals surface area contributed by atoms with Crippen LogP contribution in [0.4, 0.5) is 8.78 Å². The van der Waals surface area contributed by atoms with Crippen molar-refractivity contribution in [1.82, 2.24) is 10.3 Å². The van der Waals surface area contributed by atoms with Crippen molar-refractivity contribution in [3.63, 3.8) is 0 Å². The zero-order chi connectivity index (χ0) is 13.2. The molecule has 100 valence electrons. The maximum Gasteiger partial charge on any atom is 0.126 e. The van der Waals surface area contributed by atoms with Gasteiger partial charge in [-0.2, -0.15) is 0 Å². The Morgan fingerprint density at radius 1 is 1.11 bits per heavy atom. The van der Waals surface area contributed by atoms with E-state index in [1.165, 1.54) is 12.1 Å². The topological polar surface area (TPSA) is 24.9 Å². The van der Waals surface area contributed by atoms with Crippen molar-refractivity contribution in [2.45, 2.75) is 18.8 Å². The van der Waals surface area contributed by atoms with E-state index in [4.69, 9.17) is 0 Å². The number of hydrogen-bond acceptors (Lipinski definition) is 3. The number of rotatable bonds is 2. The SMILES string of the molecule is Fc1cc(F)cc(-c2csc(C3CCNCC3)n2)c1. The van der Waals surface area contributed by atoms with Gasteiger partial charge in [0.25, 0.3) is 0 Å². The Hall–Kier alpha value is -1.33. The molecule has 1 aromatic heterocycles. The van der Waals surface area contributed by atoms with E-state index in [2.05, 4.69) is 10.3 Å². The van der Waals surface area contributed by atoms with Crippen molar-refractivity contribution in [2.75, 3.05) is 13.1 Å². The maximum atomic E-state index is 13.2. The molecule has 0 unspecified atom stereocenters. The second kappa shape index (κ2) is 5.35. The Labute approximate surface area is 114 Å². The highest BCUT2D eigenvalue weighted by Crippen LogP contribution is 2.31. The van der Waals surface area contributed by atoms with E-state index in [1.54, 1.807) is 11.3 Å². The third-order valence-electron chi connectivity index (χ3n) is 3.37. The summed E-state index contributed by atoms with van der Waals surface area (Å²) in [5, 5.41) is 6.27. The van der Waals surface area contributed by atoms with E-state index in [0.717, 1.165) is 37.0 Å². The van der Waals surface area contributed by atoms with E-state index in [0.29, 0.717) is 17.2 Å². The van der Waals surface area contributed by atoms with E-state index in [-0.39, 0.29) is 0 Å². The van der Waals surface area contributed by atoms with E-state index >= 15 is 0 Å². The average Bonchev–Trinajstić information content (AvgIpc) is 2.88. The molecule has 19 heavy (non-hydrogen) atoms. The molecule has 1 aliphatic heterocycles. The van der Waals surface area contributed by atoms with Crippen LogP contribution in [0.25, 0.3) is 11.3 Å². The van der Waals surface area contributed by atoms with Gasteiger partial charge >= 0.3 is 0 Å². The summed E-state index contributed by atoms with van der Waals surface area (Å²) in [6.45, 7) is 2.02. The highest BCUT2D eigenvalue weighted by atomic mass is 32.1. The van der Waals surface area contributed by atoms with Gasteiger partial charge in [-0.25, -0.2) is 13.8 Å². The molecule has 0 aliphatic carbocycles. The van der Waals surface area contributed by atoms with Crippen LogP contribution in [0.5, 0.6) is 0 Å². The largest absolute Gasteiger partial charge is 0.317 e. The van der Waals surface area contributed by atoms with Gasteiger partial charge in [0.1, 0.15) is 11.6 Å². The number of halogens is 2. The summed E-state index contributed by atoms with van der Waals surface area (Å²) in [4.78, 5) is 4.54. The summed E-state index contributed by atoms with van der Waals surface area (Å²) >= 11 is 1.58. The molecule has 0 atom stereocenters. The Balaban J connectivity index is 1.87. The number of benzene rings is 1. The monoisotopic (exact) mass is 280 g/mol. The summed E-state index contributed by atoms with van der Waals surface area (Å²) in [7, 11) is 0. The van der Waals surface area contributed by atoms with Gasteiger partial charge in [-0.05, 0) is 38.1 Å². The van der Waals surface area contributed by atoms with Crippen LogP contribution in [0.2, 0.25) is 0 Å². The second-order valence-corrected chi connectivity index (χ2v) is 5.64. The first kappa shape index (κ1) is 12.7. The predicted molar refractivity (Wildman–Crippen MR) is 72.3 cm³/mol. The van der Waals surface area contributed by atoms with E-state index in [9.17, 15) is 8.78 Å². The Kier molecular flexibility index (Phi) is 3.57. The first-order valence-corrected chi connectivity index (χ1v) is 7.23. The minimum Gasteiger partial charge on any atom is -0.317 e. The van der Waals surface area contributed by atoms with Crippen molar-refractivity contribution in [3.8, 4) is 11.3 Å². The van der Waals surface area contributed by atoms with Crippen LogP contribution in [0.1, 0.15) is 23.8 Å². The van der Waals surface area contributed by atoms with Crippen molar-refractivity contribution >= 4 is 11.3 Å². The Morgan fingerprint density at radius 2 is 1.79 bits per heavy atom. The van der Waals surface area contributed by atoms with Gasteiger partial charge in [-0.1, -0.05) is 0 Å². The molecule has 0 amide bonds. The van der Waals surface area contributed by atoms with Crippen molar-refractivity contribution in [2.24, 2.45) is 0 Å². The number of nitrogens with one attached hydrogen (secondary N) is 1. The molecule has 0 spiro atoms. The minimum absolute atomic E-state index is 0.471. The number of piperidine rings is 1. The highest BCUT2D eigenvalue weighted by molar-refractivity contribution is 7.10. The summed E-state index contributed by atoms with van der Waals surface area (Å²) in [5.41, 5.74) is 1.17. The third kappa shape index (κ3) is 2.82. The number of hydrogen-bond donors (Lipinski definition) is 1. The average molecular weight is 280 g/mol. The lowest BCUT2D eigenvalue weighted by molar-refractivity contribution is 0.459. The lowest BCUT2D eigenvalue weighted by atomic mass is 9.99. The normalized spacial score (nSPS) is 16.7. The van der Waals surface area contributed by atoms with Gasteiger partial charge in [-0.15, -0.1) is 11.3 Å². The zero-order valence-corrected chi connectivity index (χ0v) is 11.1. The molecule has 5 heteroatoms. The summed E-state index contributed by atoms with van der Waals surface area (Å²) in [6.07, 6.45) is 2.15. The van der Waals surface area contributed by atoms with Gasteiger partial charge in [0, 0.05) is 22.9 Å². The predicted octanol–water partition coefficient (Wildman–Crippen LogP) is 3.56. The van der Waals surface area contributed by atoms with Crippen LogP contribution < -0.4 is 5.32 Å². The zero-order valence-electron chi connectivity index (χ0n) is 10.3. The Morgan fingerprint density at radius 3 is 2.47 bits per heavy atom.